The van der Waals surface area contributed by atoms with E-state index in [1.807, 2.05) is 0 Å². The van der Waals surface area contributed by atoms with E-state index in [4.69, 9.17) is 4.74 Å². The fraction of sp³-hybridized carbons (Fsp3) is 0.538. The van der Waals surface area contributed by atoms with E-state index in [-0.39, 0.29) is 44.7 Å². The Morgan fingerprint density at radius 2 is 1.64 bits per heavy atom. The average Bonchev–Trinajstić information content (AvgIpc) is 2.51. The Hall–Kier alpha value is -2.47. The minimum absolute atomic E-state index is 0.183. The average molecular weight is 365 g/mol. The Bertz CT molecular complexity index is 653. The minimum Gasteiger partial charge on any atom is -0.388 e. The van der Waals surface area contributed by atoms with Crippen molar-refractivity contribution in [2.24, 2.45) is 0 Å². The molecule has 1 saturated heterocycles. The number of nitrogens with one attached hydrogen (secondary N) is 1. The van der Waals surface area contributed by atoms with Crippen LogP contribution in [-0.4, -0.2) is 40.3 Å². The number of halogens is 3. The molecule has 12 heteroatoms. The molecule has 0 amide bonds. The highest BCUT2D eigenvalue weighted by atomic mass is 19.4. The summed E-state index contributed by atoms with van der Waals surface area (Å²) in [5, 5.41) is 34.9. The molecule has 1 fully saturated rings. The second kappa shape index (κ2) is 6.80. The molecule has 0 spiro atoms. The van der Waals surface area contributed by atoms with Crippen molar-refractivity contribution in [2.45, 2.75) is 24.6 Å². The zero-order chi connectivity index (χ0) is 18.8. The van der Waals surface area contributed by atoms with Gasteiger partial charge in [0.25, 0.3) is 11.4 Å². The van der Waals surface area contributed by atoms with E-state index in [0.29, 0.717) is 0 Å². The molecule has 1 heterocycles. The van der Waals surface area contributed by atoms with Gasteiger partial charge in [-0.05, 0) is 0 Å². The maximum atomic E-state index is 12.8. The third kappa shape index (κ3) is 4.33. The van der Waals surface area contributed by atoms with Crippen LogP contribution in [0.1, 0.15) is 18.4 Å². The zero-order valence-electron chi connectivity index (χ0n) is 12.7. The van der Waals surface area contributed by atoms with Gasteiger partial charge < -0.3 is 15.2 Å². The molecule has 25 heavy (non-hydrogen) atoms. The van der Waals surface area contributed by atoms with Crippen LogP contribution in [0.5, 0.6) is 0 Å². The summed E-state index contributed by atoms with van der Waals surface area (Å²) >= 11 is 0. The highest BCUT2D eigenvalue weighted by molar-refractivity contribution is 5.75. The van der Waals surface area contributed by atoms with Crippen molar-refractivity contribution in [3.63, 3.8) is 0 Å². The standard InChI is InChI=1S/C13H14F3N3O6/c14-13(15,16)8-5-9(18(21)22)11(10(6-8)19(23)24)17-7-12(20)1-3-25-4-2-12/h5-6,17,20H,1-4,7H2. The van der Waals surface area contributed by atoms with Gasteiger partial charge >= 0.3 is 6.18 Å². The van der Waals surface area contributed by atoms with Gasteiger partial charge in [0.1, 0.15) is 0 Å². The summed E-state index contributed by atoms with van der Waals surface area (Å²) in [4.78, 5) is 19.9. The second-order valence-electron chi connectivity index (χ2n) is 5.59. The van der Waals surface area contributed by atoms with Crippen molar-refractivity contribution < 1.29 is 32.9 Å². The monoisotopic (exact) mass is 365 g/mol. The summed E-state index contributed by atoms with van der Waals surface area (Å²) in [6, 6.07) is 0.451. The molecule has 0 atom stereocenters. The lowest BCUT2D eigenvalue weighted by molar-refractivity contribution is -0.392. The van der Waals surface area contributed by atoms with Crippen LogP contribution in [0.2, 0.25) is 0 Å². The van der Waals surface area contributed by atoms with Crippen LogP contribution in [-0.2, 0) is 10.9 Å². The minimum atomic E-state index is -4.98. The number of hydrogen-bond donors (Lipinski definition) is 2. The molecule has 9 nitrogen and oxygen atoms in total. The van der Waals surface area contributed by atoms with Gasteiger partial charge in [-0.25, -0.2) is 0 Å². The third-order valence-corrected chi connectivity index (χ3v) is 3.84. The van der Waals surface area contributed by atoms with Gasteiger partial charge in [0, 0.05) is 44.7 Å². The van der Waals surface area contributed by atoms with Gasteiger partial charge in [-0.1, -0.05) is 0 Å². The summed E-state index contributed by atoms with van der Waals surface area (Å²) in [6.45, 7) is 0.161. The van der Waals surface area contributed by atoms with Crippen LogP contribution in [0.15, 0.2) is 12.1 Å². The summed E-state index contributed by atoms with van der Waals surface area (Å²) in [7, 11) is 0. The van der Waals surface area contributed by atoms with Crippen LogP contribution in [0.25, 0.3) is 0 Å². The first kappa shape index (κ1) is 18.9. The van der Waals surface area contributed by atoms with Gasteiger partial charge in [-0.2, -0.15) is 13.2 Å². The SMILES string of the molecule is O=[N+]([O-])c1cc(C(F)(F)F)cc([N+](=O)[O-])c1NCC1(O)CCOCC1. The molecule has 0 aromatic heterocycles. The first-order valence-corrected chi connectivity index (χ1v) is 7.11. The molecule has 0 bridgehead atoms. The molecular formula is C13H14F3N3O6. The molecule has 2 N–H and O–H groups in total. The first-order valence-electron chi connectivity index (χ1n) is 7.11. The molecule has 0 unspecified atom stereocenters. The van der Waals surface area contributed by atoms with E-state index >= 15 is 0 Å². The number of benzene rings is 1. The largest absolute Gasteiger partial charge is 0.416 e. The quantitative estimate of drug-likeness (QED) is 0.606. The second-order valence-corrected chi connectivity index (χ2v) is 5.59. The van der Waals surface area contributed by atoms with Gasteiger partial charge in [0.05, 0.1) is 21.0 Å². The number of nitro groups is 2. The lowest BCUT2D eigenvalue weighted by Crippen LogP contribution is -2.42. The molecule has 1 aliphatic rings. The fourth-order valence-electron chi connectivity index (χ4n) is 2.43. The number of alkyl halides is 3. The maximum absolute atomic E-state index is 12.8. The van der Waals surface area contributed by atoms with Crippen LogP contribution in [0.4, 0.5) is 30.2 Å². The molecule has 138 valence electrons. The van der Waals surface area contributed by atoms with Gasteiger partial charge in [-0.3, -0.25) is 20.2 Å². The van der Waals surface area contributed by atoms with Crippen molar-refractivity contribution >= 4 is 17.1 Å². The van der Waals surface area contributed by atoms with Crippen LogP contribution >= 0.6 is 0 Å². The van der Waals surface area contributed by atoms with Crippen LogP contribution in [0.3, 0.4) is 0 Å². The van der Waals surface area contributed by atoms with Gasteiger partial charge in [0.2, 0.25) is 0 Å². The number of ether oxygens (including phenoxy) is 1. The smallest absolute Gasteiger partial charge is 0.388 e. The summed E-state index contributed by atoms with van der Waals surface area (Å²) in [5.74, 6) is 0. The van der Waals surface area contributed by atoms with Crippen LogP contribution in [0, 0.1) is 20.2 Å². The van der Waals surface area contributed by atoms with E-state index in [2.05, 4.69) is 5.32 Å². The highest BCUT2D eigenvalue weighted by Gasteiger charge is 2.38. The normalized spacial score (nSPS) is 17.1. The molecular weight excluding hydrogens is 351 g/mol. The predicted molar refractivity (Wildman–Crippen MR) is 78.2 cm³/mol. The predicted octanol–water partition coefficient (Wildman–Crippen LogP) is 2.48. The van der Waals surface area contributed by atoms with Crippen molar-refractivity contribution in [2.75, 3.05) is 25.1 Å². The number of nitro benzene ring substituents is 2. The molecule has 1 aromatic carbocycles. The van der Waals surface area contributed by atoms with Crippen molar-refractivity contribution in [1.82, 2.24) is 0 Å². The highest BCUT2D eigenvalue weighted by Crippen LogP contribution is 2.41. The Morgan fingerprint density at radius 1 is 1.16 bits per heavy atom. The Kier molecular flexibility index (Phi) is 5.13. The van der Waals surface area contributed by atoms with E-state index < -0.39 is 44.2 Å². The first-order chi connectivity index (χ1) is 11.5. The fourth-order valence-corrected chi connectivity index (χ4v) is 2.43. The Balaban J connectivity index is 2.44. The van der Waals surface area contributed by atoms with E-state index in [1.165, 1.54) is 0 Å². The lowest BCUT2D eigenvalue weighted by Gasteiger charge is -2.32. The number of anilines is 1. The summed E-state index contributed by atoms with van der Waals surface area (Å²) in [5.41, 5.74) is -5.68. The van der Waals surface area contributed by atoms with Crippen LogP contribution < -0.4 is 5.32 Å². The maximum Gasteiger partial charge on any atom is 0.416 e. The van der Waals surface area contributed by atoms with Crippen molar-refractivity contribution in [1.29, 1.82) is 0 Å². The molecule has 0 radical (unpaired) electrons. The van der Waals surface area contributed by atoms with Crippen molar-refractivity contribution in [3.8, 4) is 0 Å². The molecule has 0 aliphatic carbocycles. The van der Waals surface area contributed by atoms with Gasteiger partial charge in [-0.15, -0.1) is 0 Å². The number of nitrogens with zero attached hydrogens (tertiary/aromatic N) is 2. The summed E-state index contributed by atoms with van der Waals surface area (Å²) < 4.78 is 43.5. The Morgan fingerprint density at radius 3 is 2.04 bits per heavy atom. The summed E-state index contributed by atoms with van der Waals surface area (Å²) in [6.07, 6.45) is -4.61. The van der Waals surface area contributed by atoms with Gasteiger partial charge in [0.15, 0.2) is 5.69 Å². The Labute approximate surface area is 138 Å². The van der Waals surface area contributed by atoms with E-state index in [0.717, 1.165) is 0 Å². The third-order valence-electron chi connectivity index (χ3n) is 3.84. The molecule has 0 saturated carbocycles. The number of aliphatic hydroxyl groups is 1. The number of rotatable bonds is 5. The zero-order valence-corrected chi connectivity index (χ0v) is 12.7. The van der Waals surface area contributed by atoms with E-state index in [1.54, 1.807) is 0 Å². The van der Waals surface area contributed by atoms with E-state index in [9.17, 15) is 38.5 Å². The van der Waals surface area contributed by atoms with Crippen molar-refractivity contribution in [3.05, 3.63) is 37.9 Å². The molecule has 1 aromatic rings. The molecule has 1 aliphatic heterocycles. The lowest BCUT2D eigenvalue weighted by atomic mass is 9.94. The molecule has 2 rings (SSSR count). The topological polar surface area (TPSA) is 128 Å². The number of hydrogen-bond acceptors (Lipinski definition) is 7.